The fraction of sp³-hybridized carbons (Fsp3) is 0.500. The van der Waals surface area contributed by atoms with Crippen molar-refractivity contribution < 1.29 is 9.26 Å². The molecule has 112 valence electrons. The Morgan fingerprint density at radius 1 is 1.24 bits per heavy atom. The van der Waals surface area contributed by atoms with Crippen LogP contribution in [-0.2, 0) is 5.54 Å². The Morgan fingerprint density at radius 3 is 2.71 bits per heavy atom. The SMILES string of the molecule is COc1ccc(C)cc1-c1nc(C2(N)CCCCC2)no1. The third kappa shape index (κ3) is 2.65. The monoisotopic (exact) mass is 287 g/mol. The van der Waals surface area contributed by atoms with Crippen molar-refractivity contribution in [3.8, 4) is 17.2 Å². The molecule has 21 heavy (non-hydrogen) atoms. The predicted molar refractivity (Wildman–Crippen MR) is 80.0 cm³/mol. The van der Waals surface area contributed by atoms with Crippen LogP contribution in [0.3, 0.4) is 0 Å². The molecule has 1 aromatic carbocycles. The highest BCUT2D eigenvalue weighted by atomic mass is 16.5. The van der Waals surface area contributed by atoms with E-state index >= 15 is 0 Å². The van der Waals surface area contributed by atoms with E-state index in [1.165, 1.54) is 6.42 Å². The van der Waals surface area contributed by atoms with Crippen LogP contribution in [0.2, 0.25) is 0 Å². The molecule has 0 unspecified atom stereocenters. The summed E-state index contributed by atoms with van der Waals surface area (Å²) in [6, 6.07) is 5.89. The number of hydrogen-bond donors (Lipinski definition) is 1. The molecule has 1 heterocycles. The summed E-state index contributed by atoms with van der Waals surface area (Å²) in [5, 5.41) is 4.13. The largest absolute Gasteiger partial charge is 0.496 e. The fourth-order valence-corrected chi connectivity index (χ4v) is 2.93. The summed E-state index contributed by atoms with van der Waals surface area (Å²) in [4.78, 5) is 4.54. The van der Waals surface area contributed by atoms with E-state index in [2.05, 4.69) is 10.1 Å². The van der Waals surface area contributed by atoms with E-state index in [0.29, 0.717) is 11.7 Å². The van der Waals surface area contributed by atoms with E-state index in [9.17, 15) is 0 Å². The number of methoxy groups -OCH3 is 1. The number of ether oxygens (including phenoxy) is 1. The van der Waals surface area contributed by atoms with Gasteiger partial charge in [0.05, 0.1) is 18.2 Å². The highest BCUT2D eigenvalue weighted by Gasteiger charge is 2.34. The second kappa shape index (κ2) is 5.48. The van der Waals surface area contributed by atoms with Gasteiger partial charge in [-0.25, -0.2) is 0 Å². The molecule has 1 aromatic heterocycles. The zero-order valence-corrected chi connectivity index (χ0v) is 12.6. The Bertz CT molecular complexity index is 630. The fourth-order valence-electron chi connectivity index (χ4n) is 2.93. The lowest BCUT2D eigenvalue weighted by Gasteiger charge is -2.29. The van der Waals surface area contributed by atoms with Gasteiger partial charge in [0.2, 0.25) is 0 Å². The van der Waals surface area contributed by atoms with Gasteiger partial charge in [-0.05, 0) is 31.9 Å². The Morgan fingerprint density at radius 2 is 2.00 bits per heavy atom. The van der Waals surface area contributed by atoms with Crippen molar-refractivity contribution in [2.75, 3.05) is 7.11 Å². The Kier molecular flexibility index (Phi) is 3.68. The zero-order chi connectivity index (χ0) is 14.9. The maximum Gasteiger partial charge on any atom is 0.261 e. The molecule has 0 radical (unpaired) electrons. The van der Waals surface area contributed by atoms with E-state index in [1.54, 1.807) is 7.11 Å². The summed E-state index contributed by atoms with van der Waals surface area (Å²) in [5.41, 5.74) is 7.94. The van der Waals surface area contributed by atoms with Crippen LogP contribution in [0.25, 0.3) is 11.5 Å². The summed E-state index contributed by atoms with van der Waals surface area (Å²) in [6.45, 7) is 2.02. The molecular weight excluding hydrogens is 266 g/mol. The minimum absolute atomic E-state index is 0.447. The molecule has 2 N–H and O–H groups in total. The highest BCUT2D eigenvalue weighted by molar-refractivity contribution is 5.63. The first-order valence-electron chi connectivity index (χ1n) is 7.40. The lowest BCUT2D eigenvalue weighted by atomic mass is 9.82. The summed E-state index contributed by atoms with van der Waals surface area (Å²) in [6.07, 6.45) is 5.30. The van der Waals surface area contributed by atoms with Gasteiger partial charge in [0.1, 0.15) is 5.75 Å². The van der Waals surface area contributed by atoms with Gasteiger partial charge in [0.25, 0.3) is 5.89 Å². The van der Waals surface area contributed by atoms with Crippen molar-refractivity contribution in [2.45, 2.75) is 44.6 Å². The molecule has 5 heteroatoms. The molecule has 0 amide bonds. The molecule has 2 aromatic rings. The normalized spacial score (nSPS) is 17.7. The van der Waals surface area contributed by atoms with Crippen LogP contribution in [0.15, 0.2) is 22.7 Å². The Balaban J connectivity index is 1.96. The molecule has 0 spiro atoms. The molecule has 5 nitrogen and oxygen atoms in total. The first-order valence-corrected chi connectivity index (χ1v) is 7.40. The quantitative estimate of drug-likeness (QED) is 0.938. The number of aryl methyl sites for hydroxylation is 1. The Hall–Kier alpha value is -1.88. The first-order chi connectivity index (χ1) is 10.1. The predicted octanol–water partition coefficient (Wildman–Crippen LogP) is 3.17. The summed E-state index contributed by atoms with van der Waals surface area (Å²) >= 11 is 0. The van der Waals surface area contributed by atoms with Crippen molar-refractivity contribution in [2.24, 2.45) is 5.73 Å². The zero-order valence-electron chi connectivity index (χ0n) is 12.6. The number of hydrogen-bond acceptors (Lipinski definition) is 5. The van der Waals surface area contributed by atoms with E-state index < -0.39 is 5.54 Å². The lowest BCUT2D eigenvalue weighted by molar-refractivity contribution is 0.275. The van der Waals surface area contributed by atoms with E-state index in [-0.39, 0.29) is 0 Å². The second-order valence-electron chi connectivity index (χ2n) is 5.84. The van der Waals surface area contributed by atoms with Crippen molar-refractivity contribution >= 4 is 0 Å². The van der Waals surface area contributed by atoms with Crippen LogP contribution >= 0.6 is 0 Å². The van der Waals surface area contributed by atoms with E-state index in [1.807, 2.05) is 25.1 Å². The van der Waals surface area contributed by atoms with Crippen LogP contribution in [0, 0.1) is 6.92 Å². The van der Waals surface area contributed by atoms with Gasteiger partial charge >= 0.3 is 0 Å². The molecule has 0 saturated heterocycles. The lowest BCUT2D eigenvalue weighted by Crippen LogP contribution is -2.39. The molecule has 1 aliphatic rings. The molecule has 0 aliphatic heterocycles. The highest BCUT2D eigenvalue weighted by Crippen LogP contribution is 2.35. The molecule has 0 bridgehead atoms. The average Bonchev–Trinajstić information content (AvgIpc) is 2.98. The number of rotatable bonds is 3. The number of nitrogens with zero attached hydrogens (tertiary/aromatic N) is 2. The standard InChI is InChI=1S/C16H21N3O2/c1-11-6-7-13(20-2)12(10-11)14-18-15(19-21-14)16(17)8-4-3-5-9-16/h6-7,10H,3-5,8-9,17H2,1-2H3. The van der Waals surface area contributed by atoms with Crippen LogP contribution in [0.1, 0.15) is 43.5 Å². The molecule has 1 aliphatic carbocycles. The van der Waals surface area contributed by atoms with Crippen LogP contribution < -0.4 is 10.5 Å². The Labute approximate surface area is 124 Å². The number of aromatic nitrogens is 2. The van der Waals surface area contributed by atoms with E-state index in [4.69, 9.17) is 15.0 Å². The van der Waals surface area contributed by atoms with Crippen molar-refractivity contribution in [1.82, 2.24) is 10.1 Å². The van der Waals surface area contributed by atoms with Gasteiger partial charge < -0.3 is 15.0 Å². The van der Waals surface area contributed by atoms with Crippen LogP contribution in [-0.4, -0.2) is 17.3 Å². The minimum atomic E-state index is -0.447. The smallest absolute Gasteiger partial charge is 0.261 e. The average molecular weight is 287 g/mol. The topological polar surface area (TPSA) is 74.2 Å². The minimum Gasteiger partial charge on any atom is -0.496 e. The maximum atomic E-state index is 6.46. The van der Waals surface area contributed by atoms with E-state index in [0.717, 1.165) is 42.6 Å². The molecule has 0 atom stereocenters. The summed E-state index contributed by atoms with van der Waals surface area (Å²) in [5.74, 6) is 1.81. The first kappa shape index (κ1) is 14.1. The van der Waals surface area contributed by atoms with Crippen molar-refractivity contribution in [3.05, 3.63) is 29.6 Å². The van der Waals surface area contributed by atoms with Gasteiger partial charge in [-0.15, -0.1) is 0 Å². The summed E-state index contributed by atoms with van der Waals surface area (Å²) in [7, 11) is 1.64. The molecule has 3 rings (SSSR count). The third-order valence-electron chi connectivity index (χ3n) is 4.20. The second-order valence-corrected chi connectivity index (χ2v) is 5.84. The van der Waals surface area contributed by atoms with Crippen molar-refractivity contribution in [3.63, 3.8) is 0 Å². The van der Waals surface area contributed by atoms with Crippen molar-refractivity contribution in [1.29, 1.82) is 0 Å². The van der Waals surface area contributed by atoms with Gasteiger partial charge in [0, 0.05) is 0 Å². The van der Waals surface area contributed by atoms with Gasteiger partial charge in [0.15, 0.2) is 5.82 Å². The third-order valence-corrected chi connectivity index (χ3v) is 4.20. The van der Waals surface area contributed by atoms with Gasteiger partial charge in [-0.3, -0.25) is 0 Å². The van der Waals surface area contributed by atoms with Gasteiger partial charge in [-0.1, -0.05) is 36.0 Å². The molecule has 1 fully saturated rings. The van der Waals surface area contributed by atoms with Crippen LogP contribution in [0.4, 0.5) is 0 Å². The van der Waals surface area contributed by atoms with Gasteiger partial charge in [-0.2, -0.15) is 4.98 Å². The summed E-state index contributed by atoms with van der Waals surface area (Å²) < 4.78 is 10.8. The van der Waals surface area contributed by atoms with Crippen LogP contribution in [0.5, 0.6) is 5.75 Å². The maximum absolute atomic E-state index is 6.46. The number of benzene rings is 1. The molecule has 1 saturated carbocycles. The molecular formula is C16H21N3O2. The number of nitrogens with two attached hydrogens (primary N) is 1.